The fourth-order valence-corrected chi connectivity index (χ4v) is 2.53. The summed E-state index contributed by atoms with van der Waals surface area (Å²) in [4.78, 5) is 24.2. The van der Waals surface area contributed by atoms with Crippen molar-refractivity contribution in [2.75, 3.05) is 13.2 Å². The summed E-state index contributed by atoms with van der Waals surface area (Å²) in [5.74, 6) is 0.225. The lowest BCUT2D eigenvalue weighted by Gasteiger charge is -2.19. The number of nitrogens with one attached hydrogen (secondary N) is 3. The molecular weight excluding hydrogens is 348 g/mol. The van der Waals surface area contributed by atoms with Crippen molar-refractivity contribution in [1.29, 1.82) is 0 Å². The van der Waals surface area contributed by atoms with Crippen LogP contribution in [0.15, 0.2) is 59.2 Å². The van der Waals surface area contributed by atoms with Crippen LogP contribution in [-0.4, -0.2) is 35.3 Å². The van der Waals surface area contributed by atoms with Gasteiger partial charge in [0, 0.05) is 12.6 Å². The van der Waals surface area contributed by atoms with E-state index < -0.39 is 12.1 Å². The Labute approximate surface area is 155 Å². The number of nitrogens with zero attached hydrogens (tertiary/aromatic N) is 1. The van der Waals surface area contributed by atoms with Crippen LogP contribution in [0.25, 0.3) is 11.5 Å². The van der Waals surface area contributed by atoms with Gasteiger partial charge in [-0.05, 0) is 24.6 Å². The summed E-state index contributed by atoms with van der Waals surface area (Å²) in [5, 5.41) is 12.3. The third kappa shape index (κ3) is 4.75. The first-order valence-corrected chi connectivity index (χ1v) is 8.53. The smallest absolute Gasteiger partial charge is 0.407 e. The zero-order valence-electron chi connectivity index (χ0n) is 14.8. The Balaban J connectivity index is 1.65. The Kier molecular flexibility index (Phi) is 5.88. The SMILES string of the molecule is CCOC(=O)NC(CNC(=O)c1cc(-c2ccco2)[nH]n1)c1ccccc1. The number of alkyl carbamates (subject to hydrolysis) is 1. The van der Waals surface area contributed by atoms with E-state index in [0.717, 1.165) is 5.56 Å². The summed E-state index contributed by atoms with van der Waals surface area (Å²) < 4.78 is 10.2. The molecule has 8 heteroatoms. The number of aromatic nitrogens is 2. The van der Waals surface area contributed by atoms with Gasteiger partial charge < -0.3 is 19.8 Å². The number of carbonyl (C=O) groups excluding carboxylic acids is 2. The summed E-state index contributed by atoms with van der Waals surface area (Å²) in [5.41, 5.74) is 1.68. The molecule has 0 radical (unpaired) electrons. The van der Waals surface area contributed by atoms with E-state index in [1.54, 1.807) is 31.4 Å². The van der Waals surface area contributed by atoms with Crippen LogP contribution in [-0.2, 0) is 4.74 Å². The van der Waals surface area contributed by atoms with Crippen molar-refractivity contribution in [1.82, 2.24) is 20.8 Å². The van der Waals surface area contributed by atoms with Gasteiger partial charge in [-0.25, -0.2) is 4.79 Å². The molecule has 2 aromatic heterocycles. The second kappa shape index (κ2) is 8.70. The molecule has 3 aromatic rings. The Bertz CT molecular complexity index is 874. The van der Waals surface area contributed by atoms with Crippen molar-refractivity contribution in [3.05, 3.63) is 66.1 Å². The summed E-state index contributed by atoms with van der Waals surface area (Å²) in [7, 11) is 0. The van der Waals surface area contributed by atoms with E-state index in [1.165, 1.54) is 0 Å². The van der Waals surface area contributed by atoms with Gasteiger partial charge in [-0.1, -0.05) is 30.3 Å². The zero-order chi connectivity index (χ0) is 19.1. The van der Waals surface area contributed by atoms with Crippen molar-refractivity contribution >= 4 is 12.0 Å². The van der Waals surface area contributed by atoms with Gasteiger partial charge in [0.2, 0.25) is 0 Å². The van der Waals surface area contributed by atoms with E-state index in [1.807, 2.05) is 30.3 Å². The molecule has 140 valence electrons. The number of amides is 2. The highest BCUT2D eigenvalue weighted by Crippen LogP contribution is 2.18. The maximum absolute atomic E-state index is 12.4. The minimum absolute atomic E-state index is 0.185. The van der Waals surface area contributed by atoms with Crippen LogP contribution in [0.3, 0.4) is 0 Å². The van der Waals surface area contributed by atoms with Crippen molar-refractivity contribution in [2.24, 2.45) is 0 Å². The van der Waals surface area contributed by atoms with Crippen LogP contribution in [0, 0.1) is 0 Å². The maximum atomic E-state index is 12.4. The van der Waals surface area contributed by atoms with Crippen molar-refractivity contribution in [3.63, 3.8) is 0 Å². The highest BCUT2D eigenvalue weighted by atomic mass is 16.5. The summed E-state index contributed by atoms with van der Waals surface area (Å²) in [6.07, 6.45) is 1.00. The van der Waals surface area contributed by atoms with Crippen LogP contribution in [0.1, 0.15) is 29.0 Å². The predicted molar refractivity (Wildman–Crippen MR) is 98.0 cm³/mol. The Morgan fingerprint density at radius 3 is 2.74 bits per heavy atom. The number of ether oxygens (including phenoxy) is 1. The van der Waals surface area contributed by atoms with E-state index in [-0.39, 0.29) is 24.8 Å². The van der Waals surface area contributed by atoms with Gasteiger partial charge in [0.25, 0.3) is 5.91 Å². The fraction of sp³-hybridized carbons (Fsp3) is 0.211. The second-order valence-corrected chi connectivity index (χ2v) is 5.68. The number of carbonyl (C=O) groups is 2. The van der Waals surface area contributed by atoms with Crippen LogP contribution >= 0.6 is 0 Å². The number of benzene rings is 1. The topological polar surface area (TPSA) is 109 Å². The van der Waals surface area contributed by atoms with Gasteiger partial charge in [0.1, 0.15) is 5.69 Å². The minimum Gasteiger partial charge on any atom is -0.463 e. The summed E-state index contributed by atoms with van der Waals surface area (Å²) in [6, 6.07) is 14.0. The molecule has 0 fully saturated rings. The molecule has 0 aliphatic carbocycles. The molecule has 0 saturated heterocycles. The minimum atomic E-state index is -0.541. The molecule has 2 amide bonds. The van der Waals surface area contributed by atoms with E-state index in [4.69, 9.17) is 9.15 Å². The highest BCUT2D eigenvalue weighted by Gasteiger charge is 2.18. The lowest BCUT2D eigenvalue weighted by molar-refractivity contribution is 0.0941. The molecular formula is C19H20N4O4. The van der Waals surface area contributed by atoms with Crippen LogP contribution in [0.2, 0.25) is 0 Å². The number of H-pyrrole nitrogens is 1. The van der Waals surface area contributed by atoms with Gasteiger partial charge in [-0.15, -0.1) is 0 Å². The van der Waals surface area contributed by atoms with Gasteiger partial charge in [-0.2, -0.15) is 5.10 Å². The monoisotopic (exact) mass is 368 g/mol. The molecule has 0 saturated carbocycles. The molecule has 1 aromatic carbocycles. The number of hydrogen-bond donors (Lipinski definition) is 3. The average molecular weight is 368 g/mol. The lowest BCUT2D eigenvalue weighted by atomic mass is 10.1. The van der Waals surface area contributed by atoms with Crippen LogP contribution in [0.5, 0.6) is 0 Å². The summed E-state index contributed by atoms with van der Waals surface area (Å²) >= 11 is 0. The zero-order valence-corrected chi connectivity index (χ0v) is 14.8. The molecule has 1 atom stereocenters. The molecule has 27 heavy (non-hydrogen) atoms. The first-order valence-electron chi connectivity index (χ1n) is 8.53. The molecule has 3 N–H and O–H groups in total. The van der Waals surface area contributed by atoms with Gasteiger partial charge in [0.15, 0.2) is 11.5 Å². The highest BCUT2D eigenvalue weighted by molar-refractivity contribution is 5.93. The van der Waals surface area contributed by atoms with E-state index in [9.17, 15) is 9.59 Å². The van der Waals surface area contributed by atoms with E-state index in [0.29, 0.717) is 11.5 Å². The number of furan rings is 1. The molecule has 0 spiro atoms. The van der Waals surface area contributed by atoms with Crippen molar-refractivity contribution in [2.45, 2.75) is 13.0 Å². The largest absolute Gasteiger partial charge is 0.463 e. The molecule has 0 aliphatic rings. The van der Waals surface area contributed by atoms with Crippen LogP contribution in [0.4, 0.5) is 4.79 Å². The van der Waals surface area contributed by atoms with Gasteiger partial charge in [-0.3, -0.25) is 9.89 Å². The normalized spacial score (nSPS) is 11.6. The Hall–Kier alpha value is -3.55. The lowest BCUT2D eigenvalue weighted by Crippen LogP contribution is -2.38. The van der Waals surface area contributed by atoms with Crippen molar-refractivity contribution in [3.8, 4) is 11.5 Å². The van der Waals surface area contributed by atoms with Crippen LogP contribution < -0.4 is 10.6 Å². The second-order valence-electron chi connectivity index (χ2n) is 5.68. The number of aromatic amines is 1. The third-order valence-corrected chi connectivity index (χ3v) is 3.83. The molecule has 3 rings (SSSR count). The number of rotatable bonds is 7. The summed E-state index contributed by atoms with van der Waals surface area (Å²) in [6.45, 7) is 2.18. The van der Waals surface area contributed by atoms with E-state index in [2.05, 4.69) is 20.8 Å². The van der Waals surface area contributed by atoms with Crippen molar-refractivity contribution < 1.29 is 18.7 Å². The third-order valence-electron chi connectivity index (χ3n) is 3.83. The molecule has 2 heterocycles. The molecule has 1 unspecified atom stereocenters. The average Bonchev–Trinajstić information content (AvgIpc) is 3.37. The molecule has 8 nitrogen and oxygen atoms in total. The molecule has 0 bridgehead atoms. The predicted octanol–water partition coefficient (Wildman–Crippen LogP) is 2.89. The molecule has 0 aliphatic heterocycles. The van der Waals surface area contributed by atoms with Gasteiger partial charge in [0.05, 0.1) is 18.9 Å². The quantitative estimate of drug-likeness (QED) is 0.594. The first-order chi connectivity index (χ1) is 13.2. The fourth-order valence-electron chi connectivity index (χ4n) is 2.53. The van der Waals surface area contributed by atoms with Gasteiger partial charge >= 0.3 is 6.09 Å². The number of hydrogen-bond acceptors (Lipinski definition) is 5. The Morgan fingerprint density at radius 2 is 2.04 bits per heavy atom. The first kappa shape index (κ1) is 18.2. The Morgan fingerprint density at radius 1 is 1.22 bits per heavy atom. The van der Waals surface area contributed by atoms with E-state index >= 15 is 0 Å². The standard InChI is InChI=1S/C19H20N4O4/c1-2-26-19(25)21-16(13-7-4-3-5-8-13)12-20-18(24)15-11-14(22-23-15)17-9-6-10-27-17/h3-11,16H,2,12H2,1H3,(H,20,24)(H,21,25)(H,22,23). The maximum Gasteiger partial charge on any atom is 0.407 e.